The van der Waals surface area contributed by atoms with Gasteiger partial charge < -0.3 is 0 Å². The van der Waals surface area contributed by atoms with Gasteiger partial charge in [-0.3, -0.25) is 0 Å². The zero-order valence-electron chi connectivity index (χ0n) is 6.21. The summed E-state index contributed by atoms with van der Waals surface area (Å²) < 4.78 is 0. The molecule has 0 saturated heterocycles. The zero-order valence-corrected chi connectivity index (χ0v) is 7.92. The average Bonchev–Trinajstić information content (AvgIpc) is 2.04. The van der Waals surface area contributed by atoms with E-state index >= 15 is 0 Å². The fraction of sp³-hybridized carbons (Fsp3) is 0.714. The van der Waals surface area contributed by atoms with E-state index in [2.05, 4.69) is 16.0 Å². The van der Waals surface area contributed by atoms with Gasteiger partial charge in [-0.1, -0.05) is 0 Å². The Bertz CT molecular complexity index is 201. The molecule has 3 nitrogen and oxygen atoms in total. The molecule has 1 aliphatic rings. The Morgan fingerprint density at radius 3 is 2.55 bits per heavy atom. The van der Waals surface area contributed by atoms with Crippen molar-refractivity contribution < 1.29 is 4.92 Å². The maximum absolute atomic E-state index is 10.5. The minimum atomic E-state index is -0.230. The third-order valence-electron chi connectivity index (χ3n) is 1.94. The number of hydrogen-bond donors (Lipinski definition) is 0. The van der Waals surface area contributed by atoms with Crippen LogP contribution in [0.2, 0.25) is 5.32 Å². The van der Waals surface area contributed by atoms with Crippen LogP contribution in [0.25, 0.3) is 0 Å². The molecular formula is C7H10NO2Se-. The molecule has 0 atom stereocenters. The van der Waals surface area contributed by atoms with Gasteiger partial charge in [0.2, 0.25) is 0 Å². The predicted molar refractivity (Wildman–Crippen MR) is 43.0 cm³/mol. The summed E-state index contributed by atoms with van der Waals surface area (Å²) >= 11 is 2.83. The molecule has 0 heterocycles. The SMILES string of the molecule is O=[N+]([O-])C1=C(C[Se-])CCCC1. The van der Waals surface area contributed by atoms with E-state index in [9.17, 15) is 10.1 Å². The van der Waals surface area contributed by atoms with Gasteiger partial charge in [-0.25, -0.2) is 0 Å². The zero-order chi connectivity index (χ0) is 8.27. The first kappa shape index (κ1) is 8.75. The van der Waals surface area contributed by atoms with Gasteiger partial charge in [0, 0.05) is 0 Å². The summed E-state index contributed by atoms with van der Waals surface area (Å²) in [5.41, 5.74) is 1.45. The van der Waals surface area contributed by atoms with Crippen molar-refractivity contribution in [3.05, 3.63) is 21.4 Å². The van der Waals surface area contributed by atoms with Gasteiger partial charge in [-0.05, 0) is 0 Å². The number of nitrogens with zero attached hydrogens (tertiary/aromatic N) is 1. The second kappa shape index (κ2) is 3.88. The Hall–Kier alpha value is -0.341. The first-order valence-corrected chi connectivity index (χ1v) is 4.90. The van der Waals surface area contributed by atoms with E-state index in [1.165, 1.54) is 0 Å². The van der Waals surface area contributed by atoms with Crippen molar-refractivity contribution in [3.63, 3.8) is 0 Å². The predicted octanol–water partition coefficient (Wildman–Crippen LogP) is 1.68. The van der Waals surface area contributed by atoms with Gasteiger partial charge in [0.05, 0.1) is 0 Å². The summed E-state index contributed by atoms with van der Waals surface area (Å²) in [5.74, 6) is 0. The molecule has 0 unspecified atom stereocenters. The third kappa shape index (κ3) is 2.04. The van der Waals surface area contributed by atoms with E-state index in [4.69, 9.17) is 0 Å². The Morgan fingerprint density at radius 2 is 2.09 bits per heavy atom. The quantitative estimate of drug-likeness (QED) is 0.403. The molecule has 0 amide bonds. The van der Waals surface area contributed by atoms with Crippen LogP contribution in [0.3, 0.4) is 0 Å². The van der Waals surface area contributed by atoms with Gasteiger partial charge >= 0.3 is 73.3 Å². The molecule has 1 aliphatic carbocycles. The van der Waals surface area contributed by atoms with Crippen molar-refractivity contribution in [2.75, 3.05) is 0 Å². The number of nitro groups is 1. The summed E-state index contributed by atoms with van der Waals surface area (Å²) in [6.45, 7) is 0. The molecule has 0 radical (unpaired) electrons. The normalized spacial score (nSPS) is 18.6. The van der Waals surface area contributed by atoms with Crippen LogP contribution in [0.15, 0.2) is 11.3 Å². The van der Waals surface area contributed by atoms with Crippen LogP contribution < -0.4 is 0 Å². The van der Waals surface area contributed by atoms with Crippen molar-refractivity contribution in [2.45, 2.75) is 31.0 Å². The molecule has 0 aliphatic heterocycles. The molecular weight excluding hydrogens is 209 g/mol. The molecule has 0 fully saturated rings. The van der Waals surface area contributed by atoms with E-state index in [1.54, 1.807) is 0 Å². The fourth-order valence-corrected chi connectivity index (χ4v) is 1.98. The number of hydrogen-bond acceptors (Lipinski definition) is 2. The molecule has 0 N–H and O–H groups in total. The maximum atomic E-state index is 10.5. The molecule has 1 rings (SSSR count). The van der Waals surface area contributed by atoms with Crippen LogP contribution >= 0.6 is 0 Å². The summed E-state index contributed by atoms with van der Waals surface area (Å²) in [4.78, 5) is 10.2. The first-order valence-electron chi connectivity index (χ1n) is 3.69. The van der Waals surface area contributed by atoms with Gasteiger partial charge in [0.15, 0.2) is 0 Å². The van der Waals surface area contributed by atoms with Gasteiger partial charge in [-0.2, -0.15) is 0 Å². The summed E-state index contributed by atoms with van der Waals surface area (Å²) in [7, 11) is 0. The Kier molecular flexibility index (Phi) is 3.09. The molecule has 0 aromatic heterocycles. The van der Waals surface area contributed by atoms with Gasteiger partial charge in [0.1, 0.15) is 0 Å². The van der Waals surface area contributed by atoms with Crippen molar-refractivity contribution in [1.29, 1.82) is 0 Å². The van der Waals surface area contributed by atoms with Crippen molar-refractivity contribution >= 4 is 16.0 Å². The third-order valence-corrected chi connectivity index (χ3v) is 2.68. The topological polar surface area (TPSA) is 43.1 Å². The van der Waals surface area contributed by atoms with Crippen LogP contribution in [0, 0.1) is 10.1 Å². The second-order valence-corrected chi connectivity index (χ2v) is 3.26. The summed E-state index contributed by atoms with van der Waals surface area (Å²) in [6, 6.07) is 0. The molecule has 0 aromatic carbocycles. The fourth-order valence-electron chi connectivity index (χ4n) is 1.33. The number of rotatable bonds is 2. The van der Waals surface area contributed by atoms with Crippen LogP contribution in [0.4, 0.5) is 0 Å². The van der Waals surface area contributed by atoms with Gasteiger partial charge in [-0.15, -0.1) is 0 Å². The molecule has 62 valence electrons. The minimum absolute atomic E-state index is 0.230. The molecule has 4 heteroatoms. The number of allylic oxidation sites excluding steroid dienone is 2. The Balaban J connectivity index is 2.81. The van der Waals surface area contributed by atoms with Crippen LogP contribution in [0.1, 0.15) is 25.7 Å². The Morgan fingerprint density at radius 1 is 1.45 bits per heavy atom. The van der Waals surface area contributed by atoms with Crippen LogP contribution in [-0.4, -0.2) is 20.9 Å². The van der Waals surface area contributed by atoms with Crippen LogP contribution in [-0.2, 0) is 0 Å². The van der Waals surface area contributed by atoms with Crippen molar-refractivity contribution in [2.24, 2.45) is 0 Å². The standard InChI is InChI=1S/C7H11NO2Se/c9-8(10)7-4-2-1-3-6(7)5-11/h11H,1-5H2/p-1. The molecule has 0 bridgehead atoms. The van der Waals surface area contributed by atoms with E-state index in [0.29, 0.717) is 12.1 Å². The first-order chi connectivity index (χ1) is 5.25. The van der Waals surface area contributed by atoms with E-state index in [1.807, 2.05) is 0 Å². The van der Waals surface area contributed by atoms with Crippen molar-refractivity contribution in [3.8, 4) is 0 Å². The molecule has 11 heavy (non-hydrogen) atoms. The van der Waals surface area contributed by atoms with E-state index < -0.39 is 0 Å². The van der Waals surface area contributed by atoms with Crippen LogP contribution in [0.5, 0.6) is 0 Å². The molecule has 0 spiro atoms. The summed E-state index contributed by atoms with van der Waals surface area (Å²) in [5, 5.41) is 11.2. The Labute approximate surface area is 73.8 Å². The average molecular weight is 219 g/mol. The van der Waals surface area contributed by atoms with Crippen molar-refractivity contribution in [1.82, 2.24) is 0 Å². The molecule has 0 saturated carbocycles. The molecule has 0 aromatic rings. The summed E-state index contributed by atoms with van der Waals surface area (Å²) in [6.07, 6.45) is 3.64. The van der Waals surface area contributed by atoms with Gasteiger partial charge in [0.25, 0.3) is 0 Å². The van der Waals surface area contributed by atoms with E-state index in [-0.39, 0.29) is 4.92 Å². The monoisotopic (exact) mass is 220 g/mol. The van der Waals surface area contributed by atoms with E-state index in [0.717, 1.165) is 30.2 Å². The second-order valence-electron chi connectivity index (χ2n) is 2.66.